The van der Waals surface area contributed by atoms with Crippen LogP contribution in [0.4, 0.5) is 13.2 Å². The zero-order valence-electron chi connectivity index (χ0n) is 8.80. The summed E-state index contributed by atoms with van der Waals surface area (Å²) in [6.07, 6.45) is -2.95. The van der Waals surface area contributed by atoms with Crippen LogP contribution in [0.15, 0.2) is 30.3 Å². The summed E-state index contributed by atoms with van der Waals surface area (Å²) in [6.45, 7) is 0. The van der Waals surface area contributed by atoms with Gasteiger partial charge in [0.15, 0.2) is 0 Å². The fraction of sp³-hybridized carbons (Fsp3) is 0.500. The van der Waals surface area contributed by atoms with Crippen LogP contribution in [0.1, 0.15) is 30.9 Å². The van der Waals surface area contributed by atoms with Gasteiger partial charge in [-0.25, -0.2) is 0 Å². The Balaban J connectivity index is 2.07. The Labute approximate surface area is 92.7 Å². The quantitative estimate of drug-likeness (QED) is 0.834. The van der Waals surface area contributed by atoms with Gasteiger partial charge in [0.2, 0.25) is 0 Å². The van der Waals surface area contributed by atoms with Crippen molar-refractivity contribution in [2.45, 2.75) is 37.5 Å². The molecule has 16 heavy (non-hydrogen) atoms. The van der Waals surface area contributed by atoms with Crippen molar-refractivity contribution in [1.29, 1.82) is 0 Å². The molecule has 0 amide bonds. The van der Waals surface area contributed by atoms with Crippen molar-refractivity contribution in [1.82, 2.24) is 5.32 Å². The second kappa shape index (κ2) is 4.45. The van der Waals surface area contributed by atoms with Crippen LogP contribution in [0.3, 0.4) is 0 Å². The number of benzene rings is 1. The monoisotopic (exact) mass is 229 g/mol. The normalized spacial score (nSPS) is 18.4. The number of rotatable bonds is 4. The van der Waals surface area contributed by atoms with Crippen LogP contribution in [0.5, 0.6) is 0 Å². The average molecular weight is 229 g/mol. The topological polar surface area (TPSA) is 12.0 Å². The average Bonchev–Trinajstić information content (AvgIpc) is 3.00. The summed E-state index contributed by atoms with van der Waals surface area (Å²) in [7, 11) is 0. The highest BCUT2D eigenvalue weighted by molar-refractivity contribution is 5.19. The lowest BCUT2D eigenvalue weighted by atomic mass is 10.0. The van der Waals surface area contributed by atoms with Gasteiger partial charge in [0.1, 0.15) is 0 Å². The number of halogens is 3. The predicted octanol–water partition coefficient (Wildman–Crippen LogP) is 3.43. The Morgan fingerprint density at radius 2 is 1.81 bits per heavy atom. The van der Waals surface area contributed by atoms with E-state index in [2.05, 4.69) is 5.32 Å². The molecule has 1 aliphatic carbocycles. The molecule has 1 nitrogen and oxygen atoms in total. The van der Waals surface area contributed by atoms with Crippen molar-refractivity contribution in [2.75, 3.05) is 0 Å². The van der Waals surface area contributed by atoms with Crippen molar-refractivity contribution >= 4 is 0 Å². The minimum absolute atomic E-state index is 0.271. The van der Waals surface area contributed by atoms with Crippen LogP contribution in [0, 0.1) is 0 Å². The van der Waals surface area contributed by atoms with Crippen molar-refractivity contribution < 1.29 is 13.2 Å². The van der Waals surface area contributed by atoms with Gasteiger partial charge in [-0.15, -0.1) is 0 Å². The molecule has 1 N–H and O–H groups in total. The smallest absolute Gasteiger partial charge is 0.307 e. The van der Waals surface area contributed by atoms with Gasteiger partial charge in [-0.3, -0.25) is 0 Å². The first-order valence-corrected chi connectivity index (χ1v) is 5.42. The Morgan fingerprint density at radius 1 is 1.19 bits per heavy atom. The minimum atomic E-state index is -4.12. The van der Waals surface area contributed by atoms with E-state index in [1.807, 2.05) is 6.07 Å². The highest BCUT2D eigenvalue weighted by Gasteiger charge is 2.35. The largest absolute Gasteiger partial charge is 0.390 e. The van der Waals surface area contributed by atoms with Crippen LogP contribution < -0.4 is 5.32 Å². The molecule has 0 spiro atoms. The summed E-state index contributed by atoms with van der Waals surface area (Å²) in [5.74, 6) is 0. The lowest BCUT2D eigenvalue weighted by Crippen LogP contribution is -2.28. The van der Waals surface area contributed by atoms with Gasteiger partial charge in [-0.1, -0.05) is 30.3 Å². The highest BCUT2D eigenvalue weighted by atomic mass is 19.4. The van der Waals surface area contributed by atoms with Gasteiger partial charge < -0.3 is 5.32 Å². The van der Waals surface area contributed by atoms with E-state index >= 15 is 0 Å². The second-order valence-corrected chi connectivity index (χ2v) is 4.22. The molecule has 0 heterocycles. The van der Waals surface area contributed by atoms with Crippen molar-refractivity contribution in [3.8, 4) is 0 Å². The highest BCUT2D eigenvalue weighted by Crippen LogP contribution is 2.32. The SMILES string of the molecule is FC(F)(F)CC(NC1CC1)c1ccccc1. The van der Waals surface area contributed by atoms with E-state index in [9.17, 15) is 13.2 Å². The van der Waals surface area contributed by atoms with Crippen LogP contribution in [0.2, 0.25) is 0 Å². The molecule has 0 aliphatic heterocycles. The van der Waals surface area contributed by atoms with E-state index in [1.165, 1.54) is 0 Å². The minimum Gasteiger partial charge on any atom is -0.307 e. The van der Waals surface area contributed by atoms with Gasteiger partial charge in [0, 0.05) is 12.1 Å². The van der Waals surface area contributed by atoms with Crippen LogP contribution in [-0.2, 0) is 0 Å². The third-order valence-electron chi connectivity index (χ3n) is 2.65. The number of hydrogen-bond acceptors (Lipinski definition) is 1. The van der Waals surface area contributed by atoms with Crippen molar-refractivity contribution in [3.05, 3.63) is 35.9 Å². The molecule has 88 valence electrons. The maximum atomic E-state index is 12.4. The zero-order chi connectivity index (χ0) is 11.6. The van der Waals surface area contributed by atoms with Gasteiger partial charge in [-0.05, 0) is 18.4 Å². The van der Waals surface area contributed by atoms with Gasteiger partial charge in [0.05, 0.1) is 6.42 Å². The Bertz CT molecular complexity index is 330. The molecule has 0 aromatic heterocycles. The third kappa shape index (κ3) is 3.52. The second-order valence-electron chi connectivity index (χ2n) is 4.22. The molecule has 1 atom stereocenters. The first kappa shape index (κ1) is 11.5. The van der Waals surface area contributed by atoms with Crippen LogP contribution >= 0.6 is 0 Å². The maximum absolute atomic E-state index is 12.4. The first-order valence-electron chi connectivity index (χ1n) is 5.42. The molecular formula is C12H14F3N. The fourth-order valence-electron chi connectivity index (χ4n) is 1.72. The number of hydrogen-bond donors (Lipinski definition) is 1. The molecule has 1 saturated carbocycles. The molecule has 1 fully saturated rings. The van der Waals surface area contributed by atoms with E-state index in [0.29, 0.717) is 5.56 Å². The molecule has 1 aliphatic rings. The van der Waals surface area contributed by atoms with Crippen molar-refractivity contribution in [2.24, 2.45) is 0 Å². The molecule has 2 rings (SSSR count). The summed E-state index contributed by atoms with van der Waals surface area (Å²) in [6, 6.07) is 8.50. The summed E-state index contributed by atoms with van der Waals surface area (Å²) in [5.41, 5.74) is 0.715. The van der Waals surface area contributed by atoms with Crippen LogP contribution in [-0.4, -0.2) is 12.2 Å². The van der Waals surface area contributed by atoms with Crippen LogP contribution in [0.25, 0.3) is 0 Å². The molecule has 4 heteroatoms. The van der Waals surface area contributed by atoms with E-state index in [4.69, 9.17) is 0 Å². The summed E-state index contributed by atoms with van der Waals surface area (Å²) in [5, 5.41) is 3.04. The van der Waals surface area contributed by atoms with E-state index in [1.54, 1.807) is 24.3 Å². The number of nitrogens with one attached hydrogen (secondary N) is 1. The Hall–Kier alpha value is -1.03. The summed E-state index contributed by atoms with van der Waals surface area (Å²) in [4.78, 5) is 0. The summed E-state index contributed by atoms with van der Waals surface area (Å²) < 4.78 is 37.3. The summed E-state index contributed by atoms with van der Waals surface area (Å²) >= 11 is 0. The van der Waals surface area contributed by atoms with Gasteiger partial charge >= 0.3 is 6.18 Å². The van der Waals surface area contributed by atoms with E-state index in [0.717, 1.165) is 12.8 Å². The molecule has 0 radical (unpaired) electrons. The predicted molar refractivity (Wildman–Crippen MR) is 56.0 cm³/mol. The van der Waals surface area contributed by atoms with E-state index in [-0.39, 0.29) is 6.04 Å². The third-order valence-corrected chi connectivity index (χ3v) is 2.65. The molecule has 1 aromatic rings. The lowest BCUT2D eigenvalue weighted by molar-refractivity contribution is -0.140. The molecular weight excluding hydrogens is 215 g/mol. The molecule has 1 unspecified atom stereocenters. The van der Waals surface area contributed by atoms with Gasteiger partial charge in [-0.2, -0.15) is 13.2 Å². The molecule has 1 aromatic carbocycles. The molecule has 0 bridgehead atoms. The maximum Gasteiger partial charge on any atom is 0.390 e. The zero-order valence-corrected chi connectivity index (χ0v) is 8.80. The fourth-order valence-corrected chi connectivity index (χ4v) is 1.72. The molecule has 0 saturated heterocycles. The van der Waals surface area contributed by atoms with Crippen molar-refractivity contribution in [3.63, 3.8) is 0 Å². The Kier molecular flexibility index (Phi) is 3.19. The van der Waals surface area contributed by atoms with E-state index < -0.39 is 18.6 Å². The number of alkyl halides is 3. The Morgan fingerprint density at radius 3 is 2.31 bits per heavy atom. The van der Waals surface area contributed by atoms with Gasteiger partial charge in [0.25, 0.3) is 0 Å². The lowest BCUT2D eigenvalue weighted by Gasteiger charge is -2.20. The standard InChI is InChI=1S/C12H14F3N/c13-12(14,15)8-11(16-10-6-7-10)9-4-2-1-3-5-9/h1-5,10-11,16H,6-8H2. The first-order chi connectivity index (χ1) is 7.54.